The van der Waals surface area contributed by atoms with Gasteiger partial charge < -0.3 is 10.5 Å². The first-order valence-corrected chi connectivity index (χ1v) is 8.40. The standard InChI is InChI=1S/C19H19F3N4O.ClH/c1-27-15-4-2-12(3-5-15)19-11-26(25-24-19)7-6-14(23)8-13-9-17(21)18(22)10-16(13)20;/h2-5,9-11,14H,6-8,23H2,1H3;1H/t14-;/m0./s1. The van der Waals surface area contributed by atoms with Gasteiger partial charge in [-0.25, -0.2) is 13.2 Å². The normalized spacial score (nSPS) is 11.8. The van der Waals surface area contributed by atoms with Gasteiger partial charge in [0.25, 0.3) is 0 Å². The van der Waals surface area contributed by atoms with Crippen molar-refractivity contribution in [2.75, 3.05) is 7.11 Å². The molecular weight excluding hydrogens is 393 g/mol. The number of hydrogen-bond acceptors (Lipinski definition) is 4. The molecule has 0 radical (unpaired) electrons. The van der Waals surface area contributed by atoms with Crippen LogP contribution in [0.2, 0.25) is 0 Å². The van der Waals surface area contributed by atoms with Crippen molar-refractivity contribution < 1.29 is 17.9 Å². The number of hydrogen-bond donors (Lipinski definition) is 1. The topological polar surface area (TPSA) is 66.0 Å². The number of nitrogens with zero attached hydrogens (tertiary/aromatic N) is 3. The SMILES string of the molecule is COc1ccc(-c2cn(CC[C@H](N)Cc3cc(F)c(F)cc3F)nn2)cc1.Cl. The van der Waals surface area contributed by atoms with E-state index in [4.69, 9.17) is 10.5 Å². The number of benzene rings is 2. The average Bonchev–Trinajstić information content (AvgIpc) is 3.13. The van der Waals surface area contributed by atoms with Crippen LogP contribution in [-0.4, -0.2) is 28.1 Å². The number of aryl methyl sites for hydroxylation is 1. The minimum atomic E-state index is -1.21. The van der Waals surface area contributed by atoms with E-state index in [-0.39, 0.29) is 24.4 Å². The lowest BCUT2D eigenvalue weighted by atomic mass is 10.0. The smallest absolute Gasteiger partial charge is 0.161 e. The molecule has 1 atom stereocenters. The van der Waals surface area contributed by atoms with Crippen molar-refractivity contribution in [1.29, 1.82) is 0 Å². The molecule has 1 heterocycles. The Morgan fingerprint density at radius 3 is 2.43 bits per heavy atom. The first kappa shape index (κ1) is 21.7. The second kappa shape index (κ2) is 9.57. The Morgan fingerprint density at radius 2 is 1.75 bits per heavy atom. The first-order valence-electron chi connectivity index (χ1n) is 8.40. The van der Waals surface area contributed by atoms with Crippen molar-refractivity contribution >= 4 is 12.4 Å². The maximum absolute atomic E-state index is 13.7. The predicted octanol–water partition coefficient (Wildman–Crippen LogP) is 3.75. The molecule has 28 heavy (non-hydrogen) atoms. The van der Waals surface area contributed by atoms with Crippen LogP contribution >= 0.6 is 12.4 Å². The van der Waals surface area contributed by atoms with Crippen molar-refractivity contribution in [3.8, 4) is 17.0 Å². The molecule has 0 bridgehead atoms. The first-order chi connectivity index (χ1) is 13.0. The van der Waals surface area contributed by atoms with Gasteiger partial charge in [-0.1, -0.05) is 5.21 Å². The number of nitrogens with two attached hydrogens (primary N) is 1. The summed E-state index contributed by atoms with van der Waals surface area (Å²) in [6.45, 7) is 0.468. The zero-order valence-corrected chi connectivity index (χ0v) is 15.9. The van der Waals surface area contributed by atoms with E-state index in [0.717, 1.165) is 17.4 Å². The zero-order valence-electron chi connectivity index (χ0n) is 15.1. The maximum Gasteiger partial charge on any atom is 0.161 e. The van der Waals surface area contributed by atoms with Crippen LogP contribution in [0.1, 0.15) is 12.0 Å². The van der Waals surface area contributed by atoms with E-state index in [1.54, 1.807) is 18.0 Å². The lowest BCUT2D eigenvalue weighted by Gasteiger charge is -2.12. The zero-order chi connectivity index (χ0) is 19.4. The molecule has 0 saturated heterocycles. The number of ether oxygens (including phenoxy) is 1. The number of methoxy groups -OCH3 is 1. The quantitative estimate of drug-likeness (QED) is 0.600. The van der Waals surface area contributed by atoms with E-state index in [2.05, 4.69) is 10.3 Å². The molecule has 1 aromatic heterocycles. The van der Waals surface area contributed by atoms with Gasteiger partial charge in [0.1, 0.15) is 17.3 Å². The third kappa shape index (κ3) is 5.24. The highest BCUT2D eigenvalue weighted by Gasteiger charge is 2.13. The van der Waals surface area contributed by atoms with Gasteiger partial charge in [0, 0.05) is 24.2 Å². The molecule has 9 heteroatoms. The second-order valence-corrected chi connectivity index (χ2v) is 6.21. The summed E-state index contributed by atoms with van der Waals surface area (Å²) in [5.41, 5.74) is 7.66. The van der Waals surface area contributed by atoms with E-state index in [1.165, 1.54) is 0 Å². The molecule has 0 saturated carbocycles. The average molecular weight is 413 g/mol. The maximum atomic E-state index is 13.7. The molecule has 0 aliphatic rings. The third-order valence-electron chi connectivity index (χ3n) is 4.22. The fraction of sp³-hybridized carbons (Fsp3) is 0.263. The summed E-state index contributed by atoms with van der Waals surface area (Å²) in [7, 11) is 1.60. The molecule has 0 unspecified atom stereocenters. The van der Waals surface area contributed by atoms with Gasteiger partial charge in [-0.05, 0) is 48.7 Å². The summed E-state index contributed by atoms with van der Waals surface area (Å²) < 4.78 is 46.7. The third-order valence-corrected chi connectivity index (χ3v) is 4.22. The van der Waals surface area contributed by atoms with Gasteiger partial charge in [-0.2, -0.15) is 0 Å². The van der Waals surface area contributed by atoms with Crippen LogP contribution in [0.3, 0.4) is 0 Å². The number of aromatic nitrogens is 3. The van der Waals surface area contributed by atoms with Crippen molar-refractivity contribution in [2.45, 2.75) is 25.4 Å². The lowest BCUT2D eigenvalue weighted by Crippen LogP contribution is -2.25. The molecule has 0 spiro atoms. The monoisotopic (exact) mass is 412 g/mol. The molecule has 3 aromatic rings. The molecule has 0 amide bonds. The Bertz CT molecular complexity index is 918. The highest BCUT2D eigenvalue weighted by Crippen LogP contribution is 2.20. The molecule has 0 fully saturated rings. The van der Waals surface area contributed by atoms with Crippen molar-refractivity contribution in [2.24, 2.45) is 5.73 Å². The van der Waals surface area contributed by atoms with E-state index >= 15 is 0 Å². The summed E-state index contributed by atoms with van der Waals surface area (Å²) in [6, 6.07) is 8.38. The van der Waals surface area contributed by atoms with Crippen molar-refractivity contribution in [3.63, 3.8) is 0 Å². The summed E-state index contributed by atoms with van der Waals surface area (Å²) in [5, 5.41) is 8.17. The summed E-state index contributed by atoms with van der Waals surface area (Å²) in [4.78, 5) is 0. The Hall–Kier alpha value is -2.58. The largest absolute Gasteiger partial charge is 0.497 e. The summed E-state index contributed by atoms with van der Waals surface area (Å²) >= 11 is 0. The van der Waals surface area contributed by atoms with Crippen molar-refractivity contribution in [1.82, 2.24) is 15.0 Å². The lowest BCUT2D eigenvalue weighted by molar-refractivity contribution is 0.415. The van der Waals surface area contributed by atoms with Crippen molar-refractivity contribution in [3.05, 3.63) is 65.6 Å². The number of rotatable bonds is 7. The molecule has 3 rings (SSSR count). The highest BCUT2D eigenvalue weighted by atomic mass is 35.5. The molecule has 150 valence electrons. The predicted molar refractivity (Wildman–Crippen MR) is 102 cm³/mol. The molecule has 5 nitrogen and oxygen atoms in total. The van der Waals surface area contributed by atoms with Crippen LogP contribution < -0.4 is 10.5 Å². The van der Waals surface area contributed by atoms with Crippen LogP contribution in [0, 0.1) is 17.5 Å². The van der Waals surface area contributed by atoms with Crippen LogP contribution in [0.15, 0.2) is 42.6 Å². The Kier molecular flexibility index (Phi) is 7.42. The van der Waals surface area contributed by atoms with Gasteiger partial charge in [0.15, 0.2) is 11.6 Å². The number of halogens is 4. The fourth-order valence-electron chi connectivity index (χ4n) is 2.70. The van der Waals surface area contributed by atoms with E-state index in [0.29, 0.717) is 24.7 Å². The fourth-order valence-corrected chi connectivity index (χ4v) is 2.70. The second-order valence-electron chi connectivity index (χ2n) is 6.21. The van der Waals surface area contributed by atoms with Crippen LogP contribution in [0.5, 0.6) is 5.75 Å². The Balaban J connectivity index is 0.00000280. The molecule has 0 aliphatic carbocycles. The van der Waals surface area contributed by atoms with E-state index in [9.17, 15) is 13.2 Å². The van der Waals surface area contributed by atoms with Gasteiger partial charge in [0.2, 0.25) is 0 Å². The van der Waals surface area contributed by atoms with Crippen LogP contribution in [0.4, 0.5) is 13.2 Å². The van der Waals surface area contributed by atoms with Gasteiger partial charge in [-0.15, -0.1) is 17.5 Å². The minimum absolute atomic E-state index is 0. The highest BCUT2D eigenvalue weighted by molar-refractivity contribution is 5.85. The van der Waals surface area contributed by atoms with Crippen LogP contribution in [-0.2, 0) is 13.0 Å². The molecular formula is C19H20ClF3N4O. The van der Waals surface area contributed by atoms with Gasteiger partial charge in [-0.3, -0.25) is 4.68 Å². The summed E-state index contributed by atoms with van der Waals surface area (Å²) in [5.74, 6) is -2.34. The minimum Gasteiger partial charge on any atom is -0.497 e. The molecule has 2 aromatic carbocycles. The Morgan fingerprint density at radius 1 is 1.07 bits per heavy atom. The van der Waals surface area contributed by atoms with E-state index in [1.807, 2.05) is 24.3 Å². The summed E-state index contributed by atoms with van der Waals surface area (Å²) in [6.07, 6.45) is 2.36. The van der Waals surface area contributed by atoms with Gasteiger partial charge >= 0.3 is 0 Å². The van der Waals surface area contributed by atoms with Gasteiger partial charge in [0.05, 0.1) is 13.3 Å². The Labute approximate surface area is 166 Å². The molecule has 2 N–H and O–H groups in total. The molecule has 0 aliphatic heterocycles. The van der Waals surface area contributed by atoms with Crippen LogP contribution in [0.25, 0.3) is 11.3 Å². The van der Waals surface area contributed by atoms with E-state index < -0.39 is 23.5 Å².